The van der Waals surface area contributed by atoms with Gasteiger partial charge in [0.2, 0.25) is 5.82 Å². The van der Waals surface area contributed by atoms with E-state index in [9.17, 15) is 4.79 Å². The molecule has 0 aliphatic heterocycles. The van der Waals surface area contributed by atoms with Crippen molar-refractivity contribution in [2.75, 3.05) is 7.11 Å². The largest absolute Gasteiger partial charge is 0.465 e. The molecule has 0 aliphatic rings. The summed E-state index contributed by atoms with van der Waals surface area (Å²) >= 11 is 0. The highest BCUT2D eigenvalue weighted by Crippen LogP contribution is 2.28. The van der Waals surface area contributed by atoms with Crippen molar-refractivity contribution in [3.05, 3.63) is 53.1 Å². The first-order valence-electron chi connectivity index (χ1n) is 7.96. The summed E-state index contributed by atoms with van der Waals surface area (Å²) in [6.45, 7) is 3.93. The molecule has 0 unspecified atom stereocenters. The molecule has 130 valence electrons. The molecular weight excluding hydrogens is 334 g/mol. The van der Waals surface area contributed by atoms with Crippen molar-refractivity contribution in [2.24, 2.45) is 0 Å². The van der Waals surface area contributed by atoms with E-state index >= 15 is 0 Å². The van der Waals surface area contributed by atoms with Gasteiger partial charge in [-0.25, -0.2) is 9.78 Å². The van der Waals surface area contributed by atoms with Gasteiger partial charge in [0.1, 0.15) is 5.52 Å². The van der Waals surface area contributed by atoms with E-state index in [-0.39, 0.29) is 11.8 Å². The molecule has 2 heterocycles. The molecule has 0 aliphatic carbocycles. The molecule has 0 saturated carbocycles. The third-order valence-corrected chi connectivity index (χ3v) is 4.12. The average Bonchev–Trinajstić information content (AvgIpc) is 3.32. The summed E-state index contributed by atoms with van der Waals surface area (Å²) in [5.74, 6) is 0.462. The van der Waals surface area contributed by atoms with Gasteiger partial charge in [-0.2, -0.15) is 4.98 Å². The Labute approximate surface area is 148 Å². The summed E-state index contributed by atoms with van der Waals surface area (Å²) in [7, 11) is 1.34. The number of hydrogen-bond donors (Lipinski definition) is 0. The van der Waals surface area contributed by atoms with Crippen molar-refractivity contribution in [3.63, 3.8) is 0 Å². The van der Waals surface area contributed by atoms with E-state index < -0.39 is 5.97 Å². The molecule has 4 rings (SSSR count). The van der Waals surface area contributed by atoms with Gasteiger partial charge in [-0.15, -0.1) is 0 Å². The van der Waals surface area contributed by atoms with Gasteiger partial charge in [-0.1, -0.05) is 29.4 Å². The summed E-state index contributed by atoms with van der Waals surface area (Å²) < 4.78 is 15.8. The molecule has 0 radical (unpaired) electrons. The third-order valence-electron chi connectivity index (χ3n) is 4.12. The highest BCUT2D eigenvalue weighted by atomic mass is 16.5. The number of carbonyl (C=O) groups is 1. The van der Waals surface area contributed by atoms with Crippen LogP contribution in [0.25, 0.3) is 34.3 Å². The molecule has 0 N–H and O–H groups in total. The van der Waals surface area contributed by atoms with E-state index in [0.717, 1.165) is 16.6 Å². The summed E-state index contributed by atoms with van der Waals surface area (Å²) in [5.41, 5.74) is 4.64. The van der Waals surface area contributed by atoms with Crippen LogP contribution in [0.3, 0.4) is 0 Å². The van der Waals surface area contributed by atoms with Crippen LogP contribution in [0.2, 0.25) is 0 Å². The van der Waals surface area contributed by atoms with Crippen LogP contribution in [0.15, 0.2) is 45.3 Å². The number of ether oxygens (including phenoxy) is 1. The lowest BCUT2D eigenvalue weighted by Gasteiger charge is -1.99. The maximum atomic E-state index is 11.5. The normalized spacial score (nSPS) is 11.0. The molecule has 0 atom stereocenters. The van der Waals surface area contributed by atoms with Crippen LogP contribution in [0.4, 0.5) is 0 Å². The second kappa shape index (κ2) is 6.11. The number of benzene rings is 2. The Bertz CT molecular complexity index is 1070. The van der Waals surface area contributed by atoms with Gasteiger partial charge >= 0.3 is 11.9 Å². The van der Waals surface area contributed by atoms with Crippen LogP contribution < -0.4 is 0 Å². The van der Waals surface area contributed by atoms with E-state index in [0.29, 0.717) is 22.5 Å². The molecule has 2 aromatic carbocycles. The second-order valence-electron chi connectivity index (χ2n) is 5.89. The first-order valence-corrected chi connectivity index (χ1v) is 7.96. The lowest BCUT2D eigenvalue weighted by molar-refractivity contribution is 0.0601. The number of esters is 1. The Morgan fingerprint density at radius 2 is 1.69 bits per heavy atom. The number of aromatic nitrogens is 3. The quantitative estimate of drug-likeness (QED) is 0.517. The number of rotatable bonds is 3. The van der Waals surface area contributed by atoms with Gasteiger partial charge in [0.25, 0.3) is 5.89 Å². The highest BCUT2D eigenvalue weighted by Gasteiger charge is 2.18. The SMILES string of the molecule is COC(=O)c1ccc(-c2noc(-c3nc4c(C)ccc(C)c4o3)n2)cc1. The molecule has 26 heavy (non-hydrogen) atoms. The molecule has 0 saturated heterocycles. The Kier molecular flexibility index (Phi) is 3.76. The van der Waals surface area contributed by atoms with Crippen LogP contribution in [0.5, 0.6) is 0 Å². The van der Waals surface area contributed by atoms with Gasteiger partial charge in [0, 0.05) is 5.56 Å². The number of hydrogen-bond acceptors (Lipinski definition) is 7. The maximum absolute atomic E-state index is 11.5. The molecule has 7 nitrogen and oxygen atoms in total. The van der Waals surface area contributed by atoms with Crippen LogP contribution in [-0.4, -0.2) is 28.2 Å². The number of fused-ring (bicyclic) bond motifs is 1. The van der Waals surface area contributed by atoms with E-state index in [4.69, 9.17) is 8.94 Å². The molecule has 0 spiro atoms. The van der Waals surface area contributed by atoms with Crippen molar-refractivity contribution in [2.45, 2.75) is 13.8 Å². The molecular formula is C19H15N3O4. The molecule has 0 amide bonds. The standard InChI is InChI=1S/C19H15N3O4/c1-10-4-5-11(2)15-14(10)20-17(25-15)18-21-16(22-26-18)12-6-8-13(9-7-12)19(23)24-3/h4-9H,1-3H3. The maximum Gasteiger partial charge on any atom is 0.337 e. The van der Waals surface area contributed by atoms with Crippen LogP contribution in [0, 0.1) is 13.8 Å². The molecule has 0 bridgehead atoms. The predicted octanol–water partition coefficient (Wildman–Crippen LogP) is 3.95. The van der Waals surface area contributed by atoms with Crippen molar-refractivity contribution in [1.82, 2.24) is 15.1 Å². The lowest BCUT2D eigenvalue weighted by Crippen LogP contribution is -2.00. The first kappa shape index (κ1) is 16.0. The molecule has 7 heteroatoms. The zero-order valence-corrected chi connectivity index (χ0v) is 14.4. The zero-order valence-electron chi connectivity index (χ0n) is 14.4. The average molecular weight is 349 g/mol. The van der Waals surface area contributed by atoms with Crippen LogP contribution >= 0.6 is 0 Å². The van der Waals surface area contributed by atoms with Crippen molar-refractivity contribution < 1.29 is 18.5 Å². The lowest BCUT2D eigenvalue weighted by atomic mass is 10.1. The van der Waals surface area contributed by atoms with Crippen molar-refractivity contribution in [1.29, 1.82) is 0 Å². The fourth-order valence-corrected chi connectivity index (χ4v) is 2.65. The molecule has 4 aromatic rings. The minimum Gasteiger partial charge on any atom is -0.465 e. The molecule has 0 fully saturated rings. The number of carbonyl (C=O) groups excluding carboxylic acids is 1. The highest BCUT2D eigenvalue weighted by molar-refractivity contribution is 5.89. The fourth-order valence-electron chi connectivity index (χ4n) is 2.65. The Morgan fingerprint density at radius 3 is 2.38 bits per heavy atom. The minimum absolute atomic E-state index is 0.201. The van der Waals surface area contributed by atoms with E-state index in [1.54, 1.807) is 24.3 Å². The summed E-state index contributed by atoms with van der Waals surface area (Å²) in [4.78, 5) is 20.3. The number of oxazole rings is 1. The van der Waals surface area contributed by atoms with Crippen LogP contribution in [0.1, 0.15) is 21.5 Å². The van der Waals surface area contributed by atoms with E-state index in [1.165, 1.54) is 7.11 Å². The smallest absolute Gasteiger partial charge is 0.337 e. The Hall–Kier alpha value is -3.48. The van der Waals surface area contributed by atoms with Gasteiger partial charge in [-0.05, 0) is 37.1 Å². The number of nitrogens with zero attached hydrogens (tertiary/aromatic N) is 3. The first-order chi connectivity index (χ1) is 12.6. The zero-order chi connectivity index (χ0) is 18.3. The van der Waals surface area contributed by atoms with Crippen molar-refractivity contribution >= 4 is 17.1 Å². The molecule has 2 aromatic heterocycles. The summed E-state index contributed by atoms with van der Waals surface area (Å²) in [5, 5.41) is 3.97. The van der Waals surface area contributed by atoms with Gasteiger partial charge in [-0.3, -0.25) is 0 Å². The van der Waals surface area contributed by atoms with Crippen molar-refractivity contribution in [3.8, 4) is 23.2 Å². The van der Waals surface area contributed by atoms with E-state index in [1.807, 2.05) is 26.0 Å². The minimum atomic E-state index is -0.400. The summed E-state index contributed by atoms with van der Waals surface area (Å²) in [6, 6.07) is 10.7. The monoisotopic (exact) mass is 349 g/mol. The second-order valence-corrected chi connectivity index (χ2v) is 5.89. The van der Waals surface area contributed by atoms with Crippen LogP contribution in [-0.2, 0) is 4.74 Å². The third kappa shape index (κ3) is 2.63. The predicted molar refractivity (Wildman–Crippen MR) is 93.6 cm³/mol. The Balaban J connectivity index is 1.69. The topological polar surface area (TPSA) is 91.2 Å². The fraction of sp³-hybridized carbons (Fsp3) is 0.158. The number of methoxy groups -OCH3 is 1. The van der Waals surface area contributed by atoms with Gasteiger partial charge in [0.05, 0.1) is 12.7 Å². The van der Waals surface area contributed by atoms with E-state index in [2.05, 4.69) is 19.9 Å². The summed E-state index contributed by atoms with van der Waals surface area (Å²) in [6.07, 6.45) is 0. The number of aryl methyl sites for hydroxylation is 2. The van der Waals surface area contributed by atoms with Gasteiger partial charge < -0.3 is 13.7 Å². The van der Waals surface area contributed by atoms with Gasteiger partial charge in [0.15, 0.2) is 5.58 Å². The Morgan fingerprint density at radius 1 is 0.962 bits per heavy atom.